The Morgan fingerprint density at radius 1 is 1.17 bits per heavy atom. The molecule has 0 radical (unpaired) electrons. The molecule has 0 saturated heterocycles. The SMILES string of the molecule is CCC(=O)Nc1cccc(OC(=O)c2sc3ccccc3c2Cl)c1. The van der Waals surface area contributed by atoms with Crippen LogP contribution in [0.1, 0.15) is 23.0 Å². The average Bonchev–Trinajstić information content (AvgIpc) is 2.92. The number of benzene rings is 2. The summed E-state index contributed by atoms with van der Waals surface area (Å²) in [6, 6.07) is 14.2. The quantitative estimate of drug-likeness (QED) is 0.519. The summed E-state index contributed by atoms with van der Waals surface area (Å²) >= 11 is 7.58. The summed E-state index contributed by atoms with van der Waals surface area (Å²) in [4.78, 5) is 24.2. The van der Waals surface area contributed by atoms with E-state index < -0.39 is 5.97 Å². The molecule has 0 fully saturated rings. The highest BCUT2D eigenvalue weighted by Crippen LogP contribution is 2.35. The number of halogens is 1. The normalized spacial score (nSPS) is 10.6. The molecule has 1 N–H and O–H groups in total. The first-order valence-corrected chi connectivity index (χ1v) is 8.57. The number of amides is 1. The van der Waals surface area contributed by atoms with Gasteiger partial charge in [-0.15, -0.1) is 11.3 Å². The lowest BCUT2D eigenvalue weighted by atomic mass is 10.2. The van der Waals surface area contributed by atoms with Crippen molar-refractivity contribution in [3.05, 3.63) is 58.4 Å². The molecular weight excluding hydrogens is 346 g/mol. The summed E-state index contributed by atoms with van der Waals surface area (Å²) in [7, 11) is 0. The van der Waals surface area contributed by atoms with Crippen molar-refractivity contribution < 1.29 is 14.3 Å². The zero-order chi connectivity index (χ0) is 17.1. The first-order chi connectivity index (χ1) is 11.6. The highest BCUT2D eigenvalue weighted by molar-refractivity contribution is 7.21. The Bertz CT molecular complexity index is 920. The van der Waals surface area contributed by atoms with Gasteiger partial charge >= 0.3 is 5.97 Å². The van der Waals surface area contributed by atoms with E-state index in [9.17, 15) is 9.59 Å². The van der Waals surface area contributed by atoms with Crippen LogP contribution in [0.15, 0.2) is 48.5 Å². The monoisotopic (exact) mass is 359 g/mol. The van der Waals surface area contributed by atoms with E-state index in [1.54, 1.807) is 31.2 Å². The minimum absolute atomic E-state index is 0.106. The lowest BCUT2D eigenvalue weighted by Gasteiger charge is -2.07. The largest absolute Gasteiger partial charge is 0.422 e. The number of thiophene rings is 1. The van der Waals surface area contributed by atoms with E-state index in [0.717, 1.165) is 10.1 Å². The van der Waals surface area contributed by atoms with Crippen molar-refractivity contribution in [3.63, 3.8) is 0 Å². The zero-order valence-electron chi connectivity index (χ0n) is 12.8. The molecule has 0 bridgehead atoms. The van der Waals surface area contributed by atoms with Crippen LogP contribution < -0.4 is 10.1 Å². The van der Waals surface area contributed by atoms with Crippen LogP contribution in [-0.2, 0) is 4.79 Å². The van der Waals surface area contributed by atoms with Crippen LogP contribution in [0.25, 0.3) is 10.1 Å². The van der Waals surface area contributed by atoms with Gasteiger partial charge in [0.2, 0.25) is 5.91 Å². The number of hydrogen-bond donors (Lipinski definition) is 1. The molecule has 2 aromatic carbocycles. The van der Waals surface area contributed by atoms with Crippen molar-refractivity contribution in [2.75, 3.05) is 5.32 Å². The van der Waals surface area contributed by atoms with Gasteiger partial charge in [-0.25, -0.2) is 4.79 Å². The molecular formula is C18H14ClNO3S. The molecule has 6 heteroatoms. The van der Waals surface area contributed by atoms with E-state index in [-0.39, 0.29) is 5.91 Å². The lowest BCUT2D eigenvalue weighted by molar-refractivity contribution is -0.115. The maximum atomic E-state index is 12.4. The summed E-state index contributed by atoms with van der Waals surface area (Å²) in [5.41, 5.74) is 0.578. The predicted octanol–water partition coefficient (Wildman–Crippen LogP) is 5.12. The molecule has 0 saturated carbocycles. The summed E-state index contributed by atoms with van der Waals surface area (Å²) in [6.07, 6.45) is 0.376. The van der Waals surface area contributed by atoms with Crippen molar-refractivity contribution in [2.24, 2.45) is 0 Å². The molecule has 3 aromatic rings. The van der Waals surface area contributed by atoms with Crippen molar-refractivity contribution in [1.29, 1.82) is 0 Å². The van der Waals surface area contributed by atoms with Gasteiger partial charge in [-0.05, 0) is 18.2 Å². The van der Waals surface area contributed by atoms with E-state index in [0.29, 0.717) is 27.8 Å². The van der Waals surface area contributed by atoms with E-state index in [4.69, 9.17) is 16.3 Å². The summed E-state index contributed by atoms with van der Waals surface area (Å²) in [5, 5.41) is 3.96. The summed E-state index contributed by atoms with van der Waals surface area (Å²) < 4.78 is 6.33. The van der Waals surface area contributed by atoms with Gasteiger partial charge in [-0.2, -0.15) is 0 Å². The Labute approximate surface area is 148 Å². The Balaban J connectivity index is 1.82. The van der Waals surface area contributed by atoms with Crippen LogP contribution in [-0.4, -0.2) is 11.9 Å². The van der Waals surface area contributed by atoms with Crippen molar-refractivity contribution in [2.45, 2.75) is 13.3 Å². The standard InChI is InChI=1S/C18H14ClNO3S/c1-2-15(21)20-11-6-5-7-12(10-11)23-18(22)17-16(19)13-8-3-4-9-14(13)24-17/h3-10H,2H2,1H3,(H,20,21). The molecule has 3 rings (SSSR count). The topological polar surface area (TPSA) is 55.4 Å². The second kappa shape index (κ2) is 7.03. The Kier molecular flexibility index (Phi) is 4.83. The number of hydrogen-bond acceptors (Lipinski definition) is 4. The molecule has 0 atom stereocenters. The smallest absolute Gasteiger partial charge is 0.355 e. The maximum absolute atomic E-state index is 12.4. The third kappa shape index (κ3) is 3.42. The first-order valence-electron chi connectivity index (χ1n) is 7.37. The van der Waals surface area contributed by atoms with Gasteiger partial charge in [0, 0.05) is 28.3 Å². The highest BCUT2D eigenvalue weighted by atomic mass is 35.5. The fraction of sp³-hybridized carbons (Fsp3) is 0.111. The summed E-state index contributed by atoms with van der Waals surface area (Å²) in [5.74, 6) is -0.270. The Hall–Kier alpha value is -2.37. The first kappa shape index (κ1) is 16.5. The van der Waals surface area contributed by atoms with E-state index >= 15 is 0 Å². The molecule has 122 valence electrons. The van der Waals surface area contributed by atoms with E-state index in [1.807, 2.05) is 24.3 Å². The molecule has 4 nitrogen and oxygen atoms in total. The highest BCUT2D eigenvalue weighted by Gasteiger charge is 2.19. The number of carbonyl (C=O) groups is 2. The lowest BCUT2D eigenvalue weighted by Crippen LogP contribution is -2.10. The number of carbonyl (C=O) groups excluding carboxylic acids is 2. The van der Waals surface area contributed by atoms with Crippen LogP contribution in [0, 0.1) is 0 Å². The number of anilines is 1. The number of esters is 1. The van der Waals surface area contributed by atoms with E-state index in [2.05, 4.69) is 5.32 Å². The van der Waals surface area contributed by atoms with Gasteiger partial charge in [0.25, 0.3) is 0 Å². The third-order valence-corrected chi connectivity index (χ3v) is 5.03. The Morgan fingerprint density at radius 3 is 2.71 bits per heavy atom. The molecule has 24 heavy (non-hydrogen) atoms. The number of ether oxygens (including phenoxy) is 1. The van der Waals surface area contributed by atoms with Crippen molar-refractivity contribution >= 4 is 50.6 Å². The zero-order valence-corrected chi connectivity index (χ0v) is 14.4. The minimum Gasteiger partial charge on any atom is -0.422 e. The molecule has 0 aliphatic rings. The fourth-order valence-electron chi connectivity index (χ4n) is 2.19. The second-order valence-electron chi connectivity index (χ2n) is 5.06. The molecule has 1 heterocycles. The fourth-order valence-corrected chi connectivity index (χ4v) is 3.57. The Morgan fingerprint density at radius 2 is 1.96 bits per heavy atom. The summed E-state index contributed by atoms with van der Waals surface area (Å²) in [6.45, 7) is 1.77. The predicted molar refractivity (Wildman–Crippen MR) is 97.2 cm³/mol. The van der Waals surface area contributed by atoms with Crippen molar-refractivity contribution in [3.8, 4) is 5.75 Å². The minimum atomic E-state index is -0.514. The second-order valence-corrected chi connectivity index (χ2v) is 6.49. The number of rotatable bonds is 4. The average molecular weight is 360 g/mol. The van der Waals surface area contributed by atoms with Crippen LogP contribution in [0.5, 0.6) is 5.75 Å². The van der Waals surface area contributed by atoms with E-state index in [1.165, 1.54) is 11.3 Å². The number of nitrogens with one attached hydrogen (secondary N) is 1. The van der Waals surface area contributed by atoms with Gasteiger partial charge < -0.3 is 10.1 Å². The van der Waals surface area contributed by atoms with Crippen molar-refractivity contribution in [1.82, 2.24) is 0 Å². The molecule has 0 spiro atoms. The van der Waals surface area contributed by atoms with Gasteiger partial charge in [-0.1, -0.05) is 42.8 Å². The van der Waals surface area contributed by atoms with Gasteiger partial charge in [0.1, 0.15) is 10.6 Å². The third-order valence-electron chi connectivity index (χ3n) is 3.37. The van der Waals surface area contributed by atoms with Gasteiger partial charge in [-0.3, -0.25) is 4.79 Å². The van der Waals surface area contributed by atoms with Crippen LogP contribution in [0.4, 0.5) is 5.69 Å². The number of fused-ring (bicyclic) bond motifs is 1. The van der Waals surface area contributed by atoms with Gasteiger partial charge in [0.05, 0.1) is 5.02 Å². The van der Waals surface area contributed by atoms with Crippen LogP contribution in [0.2, 0.25) is 5.02 Å². The molecule has 0 aliphatic carbocycles. The molecule has 1 aromatic heterocycles. The van der Waals surface area contributed by atoms with Crippen LogP contribution in [0.3, 0.4) is 0 Å². The molecule has 1 amide bonds. The maximum Gasteiger partial charge on any atom is 0.355 e. The molecule has 0 aliphatic heterocycles. The van der Waals surface area contributed by atoms with Crippen LogP contribution >= 0.6 is 22.9 Å². The van der Waals surface area contributed by atoms with Gasteiger partial charge in [0.15, 0.2) is 0 Å². The molecule has 0 unspecified atom stereocenters.